The first-order valence-corrected chi connectivity index (χ1v) is 31.0. The number of urea groups is 2. The Morgan fingerprint density at radius 1 is 0.463 bits per heavy atom. The number of rotatable bonds is 35. The zero-order chi connectivity index (χ0) is 57.3. The molecule has 442 valence electrons. The van der Waals surface area contributed by atoms with E-state index in [2.05, 4.69) is 40.5 Å². The van der Waals surface area contributed by atoms with Crippen LogP contribution in [0.5, 0.6) is 0 Å². The van der Waals surface area contributed by atoms with Crippen molar-refractivity contribution in [3.05, 3.63) is 126 Å². The van der Waals surface area contributed by atoms with E-state index < -0.39 is 20.0 Å². The van der Waals surface area contributed by atoms with Crippen LogP contribution in [-0.2, 0) is 61.6 Å². The fourth-order valence-electron chi connectivity index (χ4n) is 9.02. The van der Waals surface area contributed by atoms with Gasteiger partial charge in [-0.3, -0.25) is 0 Å². The average molecular weight is 1230 g/mol. The lowest BCUT2D eigenvalue weighted by molar-refractivity contribution is 0.0165. The highest BCUT2D eigenvalue weighted by Gasteiger charge is 2.29. The molecule has 2 heterocycles. The smallest absolute Gasteiger partial charge is 0.314 e. The Bertz CT molecular complexity index is 2620. The largest absolute Gasteiger partial charge is 0.378 e. The number of sulfonamides is 2. The SMILES string of the molecule is CN1Cc2c(Cl)cc(Cl)cc2[C@H](c2ccc(S(=O)(=O)NCCOCCOCCOCCNC(=O)NCCCCNC(=O)NCCOCCOCCOCCNS(=O)(=O)c3ccc([C@@H]4CN(C)Cc5c(Cl)cc(Cl)cc54)cc3)cc2)C1. The van der Waals surface area contributed by atoms with Gasteiger partial charge in [0.25, 0.3) is 0 Å². The second-order valence-corrected chi connectivity index (χ2v) is 24.3. The Balaban J connectivity index is 0.657. The molecule has 0 bridgehead atoms. The zero-order valence-electron chi connectivity index (χ0n) is 45.2. The standard InChI is InChI=1S/C54H74Cl4N8O12S2/c1-65-35-47(45-31-41(55)33-51(57)49(45)37-65)39-5-9-43(10-6-39)79(69,70)63-17-21-75-25-29-77-27-23-73-19-15-61-53(67)59-13-3-4-14-60-54(68)62-16-20-74-24-28-78-30-26-76-22-18-64-80(71,72)44-11-7-40(8-12-44)48-36-66(2)38-50-46(48)32-42(56)34-52(50)58/h5-12,31-34,47-48,63-64H,3-4,13-30,35-38H2,1-2H3,(H2,59,61,67)(H2,60,62,68)/t47-,48-/m0/s1. The molecule has 2 aliphatic heterocycles. The lowest BCUT2D eigenvalue weighted by Crippen LogP contribution is -2.39. The van der Waals surface area contributed by atoms with Crippen LogP contribution in [-0.4, -0.2) is 184 Å². The number of unbranched alkanes of at least 4 members (excludes halogenated alkanes) is 1. The van der Waals surface area contributed by atoms with Crippen LogP contribution in [0, 0.1) is 0 Å². The topological polar surface area (TPSA) is 236 Å². The molecule has 0 saturated heterocycles. The number of hydrogen-bond acceptors (Lipinski definition) is 14. The number of ether oxygens (including phenoxy) is 6. The van der Waals surface area contributed by atoms with Crippen molar-refractivity contribution in [2.45, 2.75) is 47.6 Å². The van der Waals surface area contributed by atoms with Crippen molar-refractivity contribution in [2.24, 2.45) is 0 Å². The van der Waals surface area contributed by atoms with E-state index in [4.69, 9.17) is 74.8 Å². The maximum Gasteiger partial charge on any atom is 0.314 e. The molecular formula is C54H74Cl4N8O12S2. The number of halogens is 4. The van der Waals surface area contributed by atoms with E-state index in [1.54, 1.807) is 36.4 Å². The van der Waals surface area contributed by atoms with Gasteiger partial charge in [0.05, 0.1) is 89.1 Å². The van der Waals surface area contributed by atoms with Crippen molar-refractivity contribution in [1.29, 1.82) is 0 Å². The molecule has 6 rings (SSSR count). The highest BCUT2D eigenvalue weighted by molar-refractivity contribution is 7.89. The Morgan fingerprint density at radius 2 is 0.775 bits per heavy atom. The summed E-state index contributed by atoms with van der Waals surface area (Å²) in [5.41, 5.74) is 6.11. The molecule has 0 unspecified atom stereocenters. The molecule has 4 amide bonds. The lowest BCUT2D eigenvalue weighted by atomic mass is 9.85. The summed E-state index contributed by atoms with van der Waals surface area (Å²) in [7, 11) is -3.42. The minimum atomic E-state index is -3.73. The molecular weight excluding hydrogens is 1160 g/mol. The van der Waals surface area contributed by atoms with Gasteiger partial charge in [-0.05, 0) is 109 Å². The predicted octanol–water partition coefficient (Wildman–Crippen LogP) is 6.19. The van der Waals surface area contributed by atoms with Crippen molar-refractivity contribution in [3.63, 3.8) is 0 Å². The molecule has 20 nitrogen and oxygen atoms in total. The summed E-state index contributed by atoms with van der Waals surface area (Å²) in [6.07, 6.45) is 1.34. The van der Waals surface area contributed by atoms with Crippen LogP contribution in [0.2, 0.25) is 20.1 Å². The van der Waals surface area contributed by atoms with Gasteiger partial charge in [-0.25, -0.2) is 35.9 Å². The zero-order valence-corrected chi connectivity index (χ0v) is 49.8. The number of nitrogens with zero attached hydrogens (tertiary/aromatic N) is 2. The summed E-state index contributed by atoms with van der Waals surface area (Å²) in [6.45, 7) is 8.13. The third-order valence-corrected chi connectivity index (χ3v) is 17.0. The third kappa shape index (κ3) is 21.7. The Morgan fingerprint density at radius 3 is 1.12 bits per heavy atom. The molecule has 6 N–H and O–H groups in total. The average Bonchev–Trinajstić information content (AvgIpc) is 3.44. The fourth-order valence-corrected chi connectivity index (χ4v) is 12.2. The minimum Gasteiger partial charge on any atom is -0.378 e. The number of amides is 4. The predicted molar refractivity (Wildman–Crippen MR) is 309 cm³/mol. The number of hydrogen-bond donors (Lipinski definition) is 6. The van der Waals surface area contributed by atoms with Gasteiger partial charge in [0, 0.05) is 97.4 Å². The monoisotopic (exact) mass is 1230 g/mol. The van der Waals surface area contributed by atoms with Gasteiger partial charge in [-0.1, -0.05) is 70.7 Å². The van der Waals surface area contributed by atoms with Gasteiger partial charge in [-0.15, -0.1) is 0 Å². The molecule has 0 saturated carbocycles. The van der Waals surface area contributed by atoms with E-state index in [-0.39, 0.29) is 73.2 Å². The fraction of sp³-hybridized carbons (Fsp3) is 0.519. The molecule has 4 aromatic rings. The molecule has 80 heavy (non-hydrogen) atoms. The molecule has 2 atom stereocenters. The Hall–Kier alpha value is -3.92. The molecule has 0 radical (unpaired) electrons. The molecule has 26 heteroatoms. The number of benzene rings is 4. The van der Waals surface area contributed by atoms with Crippen LogP contribution in [0.4, 0.5) is 9.59 Å². The Kier molecular flexibility index (Phi) is 27.7. The molecule has 0 fully saturated rings. The molecule has 0 aliphatic carbocycles. The first-order valence-electron chi connectivity index (χ1n) is 26.5. The summed E-state index contributed by atoms with van der Waals surface area (Å²) in [6, 6.07) is 20.5. The van der Waals surface area contributed by atoms with Gasteiger partial charge in [0.2, 0.25) is 20.0 Å². The molecule has 0 aromatic heterocycles. The quantitative estimate of drug-likeness (QED) is 0.0282. The summed E-state index contributed by atoms with van der Waals surface area (Å²) < 4.78 is 89.8. The normalized spacial score (nSPS) is 15.8. The van der Waals surface area contributed by atoms with Gasteiger partial charge in [0.1, 0.15) is 0 Å². The number of likely N-dealkylation sites (N-methyl/N-ethyl adjacent to an activating group) is 2. The van der Waals surface area contributed by atoms with Crippen molar-refractivity contribution in [1.82, 2.24) is 40.5 Å². The first-order chi connectivity index (χ1) is 38.5. The van der Waals surface area contributed by atoms with Crippen molar-refractivity contribution in [3.8, 4) is 0 Å². The highest BCUT2D eigenvalue weighted by atomic mass is 35.5. The van der Waals surface area contributed by atoms with Gasteiger partial charge >= 0.3 is 12.1 Å². The van der Waals surface area contributed by atoms with Crippen molar-refractivity contribution in [2.75, 3.05) is 146 Å². The van der Waals surface area contributed by atoms with E-state index >= 15 is 0 Å². The maximum atomic E-state index is 12.9. The van der Waals surface area contributed by atoms with Crippen LogP contribution < -0.4 is 30.7 Å². The second-order valence-electron chi connectivity index (χ2n) is 19.1. The first kappa shape index (κ1) is 65.2. The third-order valence-electron chi connectivity index (χ3n) is 13.0. The van der Waals surface area contributed by atoms with Crippen molar-refractivity contribution < 1.29 is 54.8 Å². The van der Waals surface area contributed by atoms with Gasteiger partial charge < -0.3 is 59.5 Å². The second kappa shape index (κ2) is 34.0. The number of nitrogens with one attached hydrogen (secondary N) is 6. The molecule has 2 aliphatic rings. The van der Waals surface area contributed by atoms with E-state index in [1.807, 2.05) is 50.5 Å². The summed E-state index contributed by atoms with van der Waals surface area (Å²) in [5, 5.41) is 13.4. The van der Waals surface area contributed by atoms with Crippen LogP contribution in [0.1, 0.15) is 58.1 Å². The van der Waals surface area contributed by atoms with Crippen LogP contribution in [0.3, 0.4) is 0 Å². The number of carbonyl (C=O) groups is 2. The maximum absolute atomic E-state index is 12.9. The van der Waals surface area contributed by atoms with Crippen molar-refractivity contribution >= 4 is 78.5 Å². The van der Waals surface area contributed by atoms with E-state index in [9.17, 15) is 26.4 Å². The Labute approximate surface area is 490 Å². The summed E-state index contributed by atoms with van der Waals surface area (Å²) in [4.78, 5) is 28.8. The van der Waals surface area contributed by atoms with Crippen LogP contribution in [0.15, 0.2) is 82.6 Å². The van der Waals surface area contributed by atoms with Gasteiger partial charge in [0.15, 0.2) is 0 Å². The minimum absolute atomic E-state index is 0.00470. The number of carbonyl (C=O) groups excluding carboxylic acids is 2. The lowest BCUT2D eigenvalue weighted by Gasteiger charge is -2.33. The molecule has 4 aromatic carbocycles. The van der Waals surface area contributed by atoms with Crippen LogP contribution >= 0.6 is 46.4 Å². The number of fused-ring (bicyclic) bond motifs is 2. The van der Waals surface area contributed by atoms with E-state index in [0.29, 0.717) is 125 Å². The van der Waals surface area contributed by atoms with E-state index in [1.165, 1.54) is 0 Å². The molecule has 0 spiro atoms. The van der Waals surface area contributed by atoms with Gasteiger partial charge in [-0.2, -0.15) is 0 Å². The highest BCUT2D eigenvalue weighted by Crippen LogP contribution is 2.40. The van der Waals surface area contributed by atoms with Crippen LogP contribution in [0.25, 0.3) is 0 Å². The summed E-state index contributed by atoms with van der Waals surface area (Å²) >= 11 is 25.6. The summed E-state index contributed by atoms with van der Waals surface area (Å²) in [5.74, 6) is 0.00939. The van der Waals surface area contributed by atoms with E-state index in [0.717, 1.165) is 46.5 Å².